The zero-order valence-corrected chi connectivity index (χ0v) is 11.7. The van der Waals surface area contributed by atoms with Crippen molar-refractivity contribution in [3.05, 3.63) is 65.7 Å². The number of nitrogens with one attached hydrogen (secondary N) is 1. The smallest absolute Gasteiger partial charge is 0.0622 e. The van der Waals surface area contributed by atoms with Gasteiger partial charge in [0.05, 0.1) is 5.54 Å². The molecule has 1 aliphatic heterocycles. The molecule has 3 rings (SSSR count). The van der Waals surface area contributed by atoms with Gasteiger partial charge in [-0.2, -0.15) is 0 Å². The lowest BCUT2D eigenvalue weighted by Crippen LogP contribution is -2.37. The highest BCUT2D eigenvalue weighted by Crippen LogP contribution is 2.39. The van der Waals surface area contributed by atoms with Crippen LogP contribution in [0.4, 0.5) is 5.69 Å². The van der Waals surface area contributed by atoms with Gasteiger partial charge in [0.2, 0.25) is 0 Å². The molecule has 2 unspecified atom stereocenters. The van der Waals surface area contributed by atoms with Crippen LogP contribution in [-0.2, 0) is 12.0 Å². The van der Waals surface area contributed by atoms with E-state index in [1.54, 1.807) is 0 Å². The van der Waals surface area contributed by atoms with Gasteiger partial charge in [-0.15, -0.1) is 0 Å². The molecule has 1 aliphatic rings. The Balaban J connectivity index is 2.06. The second-order valence-electron chi connectivity index (χ2n) is 5.79. The molecule has 0 aromatic heterocycles. The lowest BCUT2D eigenvalue weighted by Gasteiger charge is -2.37. The summed E-state index contributed by atoms with van der Waals surface area (Å²) in [5.74, 6) is 0.599. The summed E-state index contributed by atoms with van der Waals surface area (Å²) in [6.07, 6.45) is 2.38. The molecule has 0 bridgehead atoms. The van der Waals surface area contributed by atoms with Gasteiger partial charge < -0.3 is 5.32 Å². The molecular weight excluding hydrogens is 230 g/mol. The maximum Gasteiger partial charge on any atom is 0.0622 e. The number of hydrogen-bond donors (Lipinski definition) is 1. The number of aryl methyl sites for hydroxylation is 1. The molecule has 0 fully saturated rings. The number of para-hydroxylation sites is 1. The first kappa shape index (κ1) is 12.3. The van der Waals surface area contributed by atoms with Crippen molar-refractivity contribution in [2.45, 2.75) is 32.2 Å². The highest BCUT2D eigenvalue weighted by molar-refractivity contribution is 5.55. The highest BCUT2D eigenvalue weighted by atomic mass is 15.0. The van der Waals surface area contributed by atoms with Gasteiger partial charge in [0.15, 0.2) is 0 Å². The zero-order chi connectivity index (χ0) is 13.3. The van der Waals surface area contributed by atoms with Crippen LogP contribution in [-0.4, -0.2) is 0 Å². The number of anilines is 1. The third kappa shape index (κ3) is 2.14. The summed E-state index contributed by atoms with van der Waals surface area (Å²) in [5.41, 5.74) is 4.11. The predicted octanol–water partition coefficient (Wildman–Crippen LogP) is 4.60. The van der Waals surface area contributed by atoms with Crippen LogP contribution in [0.2, 0.25) is 0 Å². The third-order valence-corrected chi connectivity index (χ3v) is 4.62. The molecule has 2 aromatic rings. The van der Waals surface area contributed by atoms with E-state index in [1.165, 1.54) is 23.2 Å². The molecule has 2 atom stereocenters. The van der Waals surface area contributed by atoms with Gasteiger partial charge >= 0.3 is 0 Å². The molecule has 0 saturated carbocycles. The van der Waals surface area contributed by atoms with Crippen LogP contribution in [0.5, 0.6) is 0 Å². The van der Waals surface area contributed by atoms with Gasteiger partial charge in [-0.25, -0.2) is 0 Å². The average Bonchev–Trinajstić information content (AvgIpc) is 2.59. The van der Waals surface area contributed by atoms with Gasteiger partial charge in [0.25, 0.3) is 0 Å². The Labute approximate surface area is 115 Å². The lowest BCUT2D eigenvalue weighted by atomic mass is 9.79. The van der Waals surface area contributed by atoms with E-state index in [0.717, 1.165) is 6.42 Å². The Morgan fingerprint density at radius 3 is 2.47 bits per heavy atom. The van der Waals surface area contributed by atoms with E-state index >= 15 is 0 Å². The Kier molecular flexibility index (Phi) is 3.06. The predicted molar refractivity (Wildman–Crippen MR) is 81.3 cm³/mol. The molecule has 1 nitrogen and oxygen atoms in total. The van der Waals surface area contributed by atoms with Crippen molar-refractivity contribution in [2.75, 3.05) is 5.32 Å². The fourth-order valence-electron chi connectivity index (χ4n) is 3.06. The number of benzene rings is 2. The van der Waals surface area contributed by atoms with Crippen LogP contribution < -0.4 is 5.32 Å². The van der Waals surface area contributed by atoms with Crippen LogP contribution in [0, 0.1) is 5.92 Å². The Morgan fingerprint density at radius 1 is 1.00 bits per heavy atom. The molecule has 1 heteroatoms. The summed E-state index contributed by atoms with van der Waals surface area (Å²) < 4.78 is 0. The van der Waals surface area contributed by atoms with Gasteiger partial charge in [-0.05, 0) is 42.9 Å². The molecule has 0 spiro atoms. The van der Waals surface area contributed by atoms with E-state index in [9.17, 15) is 0 Å². The van der Waals surface area contributed by atoms with E-state index in [-0.39, 0.29) is 5.54 Å². The van der Waals surface area contributed by atoms with E-state index in [0.29, 0.717) is 5.92 Å². The first-order valence-corrected chi connectivity index (χ1v) is 7.12. The molecule has 1 heterocycles. The molecule has 1 N–H and O–H groups in total. The van der Waals surface area contributed by atoms with E-state index in [1.807, 2.05) is 0 Å². The minimum Gasteiger partial charge on any atom is -0.375 e. The number of rotatable bonds is 1. The van der Waals surface area contributed by atoms with Crippen molar-refractivity contribution in [1.82, 2.24) is 0 Å². The van der Waals surface area contributed by atoms with Crippen molar-refractivity contribution >= 4 is 5.69 Å². The Morgan fingerprint density at radius 2 is 1.68 bits per heavy atom. The molecular formula is C18H21N. The quantitative estimate of drug-likeness (QED) is 0.781. The van der Waals surface area contributed by atoms with Crippen molar-refractivity contribution in [3.8, 4) is 0 Å². The normalized spacial score (nSPS) is 26.1. The molecule has 2 aromatic carbocycles. The summed E-state index contributed by atoms with van der Waals surface area (Å²) in [5, 5.41) is 3.80. The molecule has 19 heavy (non-hydrogen) atoms. The molecule has 0 radical (unpaired) electrons. The van der Waals surface area contributed by atoms with E-state index in [2.05, 4.69) is 73.8 Å². The molecule has 0 saturated heterocycles. The van der Waals surface area contributed by atoms with Crippen molar-refractivity contribution in [2.24, 2.45) is 5.92 Å². The number of fused-ring (bicyclic) bond motifs is 1. The Bertz CT molecular complexity index is 561. The minimum atomic E-state index is 0.00780. The SMILES string of the molecule is CC1CCc2ccccc2NC1(C)c1ccccc1. The summed E-state index contributed by atoms with van der Waals surface area (Å²) in [6, 6.07) is 19.5. The van der Waals surface area contributed by atoms with Gasteiger partial charge in [0, 0.05) is 5.69 Å². The van der Waals surface area contributed by atoms with Crippen LogP contribution in [0.25, 0.3) is 0 Å². The standard InChI is InChI=1S/C18H21N/c1-14-12-13-15-8-6-7-11-17(15)19-18(14,2)16-9-4-3-5-10-16/h3-11,14,19H,12-13H2,1-2H3. The van der Waals surface area contributed by atoms with E-state index < -0.39 is 0 Å². The fraction of sp³-hybridized carbons (Fsp3) is 0.333. The topological polar surface area (TPSA) is 12.0 Å². The van der Waals surface area contributed by atoms with E-state index in [4.69, 9.17) is 0 Å². The largest absolute Gasteiger partial charge is 0.375 e. The second-order valence-corrected chi connectivity index (χ2v) is 5.79. The molecule has 0 aliphatic carbocycles. The van der Waals surface area contributed by atoms with Crippen LogP contribution in [0.3, 0.4) is 0 Å². The zero-order valence-electron chi connectivity index (χ0n) is 11.7. The van der Waals surface area contributed by atoms with Crippen LogP contribution in [0.1, 0.15) is 31.4 Å². The van der Waals surface area contributed by atoms with Crippen LogP contribution in [0.15, 0.2) is 54.6 Å². The Hall–Kier alpha value is -1.76. The molecule has 98 valence electrons. The second kappa shape index (κ2) is 4.73. The molecule has 0 amide bonds. The minimum absolute atomic E-state index is 0.00780. The van der Waals surface area contributed by atoms with Crippen LogP contribution >= 0.6 is 0 Å². The maximum atomic E-state index is 3.80. The van der Waals surface area contributed by atoms with Gasteiger partial charge in [-0.1, -0.05) is 55.5 Å². The lowest BCUT2D eigenvalue weighted by molar-refractivity contribution is 0.343. The maximum absolute atomic E-state index is 3.80. The highest BCUT2D eigenvalue weighted by Gasteiger charge is 2.35. The summed E-state index contributed by atoms with van der Waals surface area (Å²) in [6.45, 7) is 4.68. The number of hydrogen-bond acceptors (Lipinski definition) is 1. The average molecular weight is 251 g/mol. The summed E-state index contributed by atoms with van der Waals surface area (Å²) in [4.78, 5) is 0. The van der Waals surface area contributed by atoms with Gasteiger partial charge in [0.1, 0.15) is 0 Å². The van der Waals surface area contributed by atoms with Crippen molar-refractivity contribution in [1.29, 1.82) is 0 Å². The summed E-state index contributed by atoms with van der Waals surface area (Å²) >= 11 is 0. The first-order chi connectivity index (χ1) is 9.20. The van der Waals surface area contributed by atoms with Crippen molar-refractivity contribution < 1.29 is 0 Å². The fourth-order valence-corrected chi connectivity index (χ4v) is 3.06. The summed E-state index contributed by atoms with van der Waals surface area (Å²) in [7, 11) is 0. The first-order valence-electron chi connectivity index (χ1n) is 7.12. The monoisotopic (exact) mass is 251 g/mol. The third-order valence-electron chi connectivity index (χ3n) is 4.62. The van der Waals surface area contributed by atoms with Gasteiger partial charge in [-0.3, -0.25) is 0 Å². The van der Waals surface area contributed by atoms with Crippen molar-refractivity contribution in [3.63, 3.8) is 0 Å².